The van der Waals surface area contributed by atoms with Gasteiger partial charge in [-0.25, -0.2) is 0 Å². The zero-order valence-electron chi connectivity index (χ0n) is 14.5. The molecule has 0 bridgehead atoms. The second-order valence-corrected chi connectivity index (χ2v) is 5.89. The number of nitrogens with one attached hydrogen (secondary N) is 2. The predicted molar refractivity (Wildman–Crippen MR) is 99.9 cm³/mol. The normalized spacial score (nSPS) is 10.6. The van der Waals surface area contributed by atoms with Crippen LogP contribution in [0.25, 0.3) is 0 Å². The van der Waals surface area contributed by atoms with Crippen molar-refractivity contribution in [2.45, 2.75) is 19.8 Å². The zero-order valence-corrected chi connectivity index (χ0v) is 14.5. The van der Waals surface area contributed by atoms with Crippen molar-refractivity contribution in [2.75, 3.05) is 17.7 Å². The summed E-state index contributed by atoms with van der Waals surface area (Å²) in [4.78, 5) is 4.48. The van der Waals surface area contributed by atoms with Gasteiger partial charge in [0.15, 0.2) is 5.82 Å². The molecule has 0 amide bonds. The molecule has 0 spiro atoms. The van der Waals surface area contributed by atoms with Crippen LogP contribution in [0.1, 0.15) is 25.3 Å². The van der Waals surface area contributed by atoms with Gasteiger partial charge in [-0.15, -0.1) is 5.10 Å². The molecule has 1 aromatic heterocycles. The van der Waals surface area contributed by atoms with Gasteiger partial charge in [0.2, 0.25) is 5.95 Å². The van der Waals surface area contributed by atoms with Crippen LogP contribution in [0.4, 0.5) is 23.1 Å². The van der Waals surface area contributed by atoms with Gasteiger partial charge >= 0.3 is 0 Å². The smallest absolute Gasteiger partial charge is 0.249 e. The summed E-state index contributed by atoms with van der Waals surface area (Å²) in [5.41, 5.74) is 3.06. The van der Waals surface area contributed by atoms with Crippen molar-refractivity contribution in [1.82, 2.24) is 15.2 Å². The Labute approximate surface area is 147 Å². The molecule has 0 aliphatic heterocycles. The molecular formula is C19H21N5O. The molecule has 6 nitrogen and oxygen atoms in total. The van der Waals surface area contributed by atoms with Gasteiger partial charge in [-0.05, 0) is 29.7 Å². The summed E-state index contributed by atoms with van der Waals surface area (Å²) in [5, 5.41) is 14.6. The average Bonchev–Trinajstić information content (AvgIpc) is 2.62. The fourth-order valence-corrected chi connectivity index (χ4v) is 2.50. The summed E-state index contributed by atoms with van der Waals surface area (Å²) in [6, 6.07) is 15.8. The van der Waals surface area contributed by atoms with E-state index < -0.39 is 0 Å². The lowest BCUT2D eigenvalue weighted by molar-refractivity contribution is 0.415. The minimum absolute atomic E-state index is 0.398. The van der Waals surface area contributed by atoms with Crippen LogP contribution in [0.2, 0.25) is 0 Å². The van der Waals surface area contributed by atoms with Crippen LogP contribution in [-0.2, 0) is 0 Å². The summed E-state index contributed by atoms with van der Waals surface area (Å²) in [6.07, 6.45) is 1.58. The van der Waals surface area contributed by atoms with Crippen LogP contribution in [0.15, 0.2) is 54.7 Å². The highest BCUT2D eigenvalue weighted by Gasteiger charge is 2.08. The SMILES string of the molecule is COc1cccc(Nc2cnnc(Nc3ccccc3C(C)C)n2)c1. The number of ether oxygens (including phenoxy) is 1. The minimum atomic E-state index is 0.398. The van der Waals surface area contributed by atoms with Gasteiger partial charge in [0, 0.05) is 17.4 Å². The average molecular weight is 335 g/mol. The van der Waals surface area contributed by atoms with Crippen molar-refractivity contribution in [3.05, 3.63) is 60.3 Å². The lowest BCUT2D eigenvalue weighted by Crippen LogP contribution is -2.04. The number of anilines is 4. The maximum absolute atomic E-state index is 5.23. The second kappa shape index (κ2) is 7.61. The number of para-hydroxylation sites is 1. The zero-order chi connectivity index (χ0) is 17.6. The van der Waals surface area contributed by atoms with E-state index in [1.54, 1.807) is 13.3 Å². The first-order valence-corrected chi connectivity index (χ1v) is 8.12. The number of nitrogens with zero attached hydrogens (tertiary/aromatic N) is 3. The molecule has 3 rings (SSSR count). The Hall–Kier alpha value is -3.15. The summed E-state index contributed by atoms with van der Waals surface area (Å²) in [5.74, 6) is 2.22. The quantitative estimate of drug-likeness (QED) is 0.691. The molecule has 3 aromatic rings. The first-order chi connectivity index (χ1) is 12.2. The first kappa shape index (κ1) is 16.7. The Morgan fingerprint density at radius 3 is 2.64 bits per heavy atom. The monoisotopic (exact) mass is 335 g/mol. The van der Waals surface area contributed by atoms with E-state index in [9.17, 15) is 0 Å². The molecule has 1 heterocycles. The van der Waals surface area contributed by atoms with Crippen LogP contribution < -0.4 is 15.4 Å². The van der Waals surface area contributed by atoms with Crippen molar-refractivity contribution >= 4 is 23.1 Å². The third-order valence-electron chi connectivity index (χ3n) is 3.73. The van der Waals surface area contributed by atoms with E-state index in [0.717, 1.165) is 17.1 Å². The molecular weight excluding hydrogens is 314 g/mol. The fraction of sp³-hybridized carbons (Fsp3) is 0.211. The molecule has 2 aromatic carbocycles. The largest absolute Gasteiger partial charge is 0.497 e. The Morgan fingerprint density at radius 2 is 1.84 bits per heavy atom. The van der Waals surface area contributed by atoms with E-state index in [1.165, 1.54) is 5.56 Å². The molecule has 128 valence electrons. The molecule has 6 heteroatoms. The highest BCUT2D eigenvalue weighted by atomic mass is 16.5. The van der Waals surface area contributed by atoms with Gasteiger partial charge < -0.3 is 15.4 Å². The number of benzene rings is 2. The molecule has 0 saturated carbocycles. The van der Waals surface area contributed by atoms with Crippen LogP contribution in [0.3, 0.4) is 0 Å². The molecule has 0 saturated heterocycles. The lowest BCUT2D eigenvalue weighted by Gasteiger charge is -2.13. The Balaban J connectivity index is 1.80. The number of hydrogen-bond acceptors (Lipinski definition) is 6. The summed E-state index contributed by atoms with van der Waals surface area (Å²) in [7, 11) is 1.64. The Morgan fingerprint density at radius 1 is 1.00 bits per heavy atom. The highest BCUT2D eigenvalue weighted by molar-refractivity contribution is 5.62. The van der Waals surface area contributed by atoms with Crippen LogP contribution in [0, 0.1) is 0 Å². The number of aromatic nitrogens is 3. The van der Waals surface area contributed by atoms with Gasteiger partial charge in [-0.1, -0.05) is 38.1 Å². The molecule has 0 unspecified atom stereocenters. The van der Waals surface area contributed by atoms with E-state index in [4.69, 9.17) is 4.74 Å². The van der Waals surface area contributed by atoms with Crippen LogP contribution >= 0.6 is 0 Å². The van der Waals surface area contributed by atoms with Gasteiger partial charge in [0.1, 0.15) is 5.75 Å². The number of rotatable bonds is 6. The third kappa shape index (κ3) is 4.23. The van der Waals surface area contributed by atoms with Crippen molar-refractivity contribution in [2.24, 2.45) is 0 Å². The second-order valence-electron chi connectivity index (χ2n) is 5.89. The Bertz CT molecular complexity index is 850. The molecule has 0 radical (unpaired) electrons. The Kier molecular flexibility index (Phi) is 5.09. The fourth-order valence-electron chi connectivity index (χ4n) is 2.50. The summed E-state index contributed by atoms with van der Waals surface area (Å²) in [6.45, 7) is 4.31. The standard InChI is InChI=1S/C19H21N5O/c1-13(2)16-9-4-5-10-17(16)22-19-23-18(12-20-24-19)21-14-7-6-8-15(11-14)25-3/h4-13H,1-3H3,(H2,21,22,23,24). The lowest BCUT2D eigenvalue weighted by atomic mass is 10.0. The maximum atomic E-state index is 5.23. The molecule has 0 fully saturated rings. The van der Waals surface area contributed by atoms with Gasteiger partial charge in [0.25, 0.3) is 0 Å². The van der Waals surface area contributed by atoms with E-state index in [1.807, 2.05) is 42.5 Å². The van der Waals surface area contributed by atoms with Gasteiger partial charge in [-0.2, -0.15) is 10.1 Å². The maximum Gasteiger partial charge on any atom is 0.249 e. The molecule has 0 aliphatic rings. The highest BCUT2D eigenvalue weighted by Crippen LogP contribution is 2.26. The van der Waals surface area contributed by atoms with Gasteiger partial charge in [0.05, 0.1) is 13.3 Å². The van der Waals surface area contributed by atoms with Crippen LogP contribution in [0.5, 0.6) is 5.75 Å². The summed E-state index contributed by atoms with van der Waals surface area (Å²) < 4.78 is 5.23. The third-order valence-corrected chi connectivity index (χ3v) is 3.73. The summed E-state index contributed by atoms with van der Waals surface area (Å²) >= 11 is 0. The van der Waals surface area contributed by atoms with E-state index in [2.05, 4.69) is 45.7 Å². The van der Waals surface area contributed by atoms with E-state index in [0.29, 0.717) is 17.7 Å². The molecule has 25 heavy (non-hydrogen) atoms. The number of methoxy groups -OCH3 is 1. The van der Waals surface area contributed by atoms with Crippen molar-refractivity contribution in [1.29, 1.82) is 0 Å². The van der Waals surface area contributed by atoms with Crippen LogP contribution in [-0.4, -0.2) is 22.3 Å². The topological polar surface area (TPSA) is 72.0 Å². The van der Waals surface area contributed by atoms with Crippen molar-refractivity contribution in [3.63, 3.8) is 0 Å². The van der Waals surface area contributed by atoms with E-state index in [-0.39, 0.29) is 0 Å². The first-order valence-electron chi connectivity index (χ1n) is 8.12. The molecule has 0 atom stereocenters. The molecule has 0 aliphatic carbocycles. The van der Waals surface area contributed by atoms with E-state index >= 15 is 0 Å². The minimum Gasteiger partial charge on any atom is -0.497 e. The molecule has 2 N–H and O–H groups in total. The number of hydrogen-bond donors (Lipinski definition) is 2. The van der Waals surface area contributed by atoms with Crippen molar-refractivity contribution in [3.8, 4) is 5.75 Å². The predicted octanol–water partition coefficient (Wildman–Crippen LogP) is 4.49. The van der Waals surface area contributed by atoms with Gasteiger partial charge in [-0.3, -0.25) is 0 Å². The van der Waals surface area contributed by atoms with Crippen molar-refractivity contribution < 1.29 is 4.74 Å².